The molecular formula is C14H18FN3O. The smallest absolute Gasteiger partial charge is 0.171 e. The summed E-state index contributed by atoms with van der Waals surface area (Å²) in [5.41, 5.74) is 8.20. The van der Waals surface area contributed by atoms with Crippen molar-refractivity contribution in [3.8, 4) is 11.5 Å². The van der Waals surface area contributed by atoms with E-state index in [1.165, 1.54) is 12.1 Å². The molecule has 2 N–H and O–H groups in total. The van der Waals surface area contributed by atoms with Gasteiger partial charge in [0, 0.05) is 18.7 Å². The molecule has 1 unspecified atom stereocenters. The van der Waals surface area contributed by atoms with Crippen molar-refractivity contribution in [1.82, 2.24) is 9.78 Å². The summed E-state index contributed by atoms with van der Waals surface area (Å²) < 4.78 is 20.9. The van der Waals surface area contributed by atoms with E-state index in [1.807, 2.05) is 20.9 Å². The molecule has 0 saturated heterocycles. The van der Waals surface area contributed by atoms with E-state index >= 15 is 0 Å². The minimum atomic E-state index is -0.320. The molecule has 102 valence electrons. The Morgan fingerprint density at radius 3 is 2.58 bits per heavy atom. The Morgan fingerprint density at radius 1 is 1.37 bits per heavy atom. The first-order valence-corrected chi connectivity index (χ1v) is 6.13. The average Bonchev–Trinajstić information content (AvgIpc) is 2.57. The Labute approximate surface area is 112 Å². The number of aromatic nitrogens is 2. The highest BCUT2D eigenvalue weighted by atomic mass is 19.1. The predicted octanol–water partition coefficient (Wildman–Crippen LogP) is 2.99. The summed E-state index contributed by atoms with van der Waals surface area (Å²) in [4.78, 5) is 0. The Kier molecular flexibility index (Phi) is 3.57. The highest BCUT2D eigenvalue weighted by molar-refractivity contribution is 5.42. The van der Waals surface area contributed by atoms with E-state index in [1.54, 1.807) is 17.7 Å². The molecule has 1 atom stereocenters. The molecule has 19 heavy (non-hydrogen) atoms. The van der Waals surface area contributed by atoms with Crippen molar-refractivity contribution in [1.29, 1.82) is 0 Å². The predicted molar refractivity (Wildman–Crippen MR) is 71.8 cm³/mol. The summed E-state index contributed by atoms with van der Waals surface area (Å²) in [6.45, 7) is 5.59. The number of nitrogens with zero attached hydrogens (tertiary/aromatic N) is 2. The van der Waals surface area contributed by atoms with E-state index in [9.17, 15) is 4.39 Å². The summed E-state index contributed by atoms with van der Waals surface area (Å²) in [5, 5.41) is 4.29. The van der Waals surface area contributed by atoms with Gasteiger partial charge in [-0.15, -0.1) is 0 Å². The minimum absolute atomic E-state index is 0.303. The van der Waals surface area contributed by atoms with Crippen LogP contribution in [0.3, 0.4) is 0 Å². The van der Waals surface area contributed by atoms with Gasteiger partial charge in [0.1, 0.15) is 17.3 Å². The third kappa shape index (κ3) is 2.61. The van der Waals surface area contributed by atoms with Gasteiger partial charge in [0.2, 0.25) is 0 Å². The van der Waals surface area contributed by atoms with E-state index in [-0.39, 0.29) is 11.9 Å². The molecule has 0 aliphatic carbocycles. The van der Waals surface area contributed by atoms with Crippen LogP contribution in [0.4, 0.5) is 4.39 Å². The second-order valence-corrected chi connectivity index (χ2v) is 4.70. The zero-order chi connectivity index (χ0) is 14.2. The monoisotopic (exact) mass is 263 g/mol. The summed E-state index contributed by atoms with van der Waals surface area (Å²) in [6, 6.07) is 4.06. The molecule has 4 nitrogen and oxygen atoms in total. The van der Waals surface area contributed by atoms with Crippen molar-refractivity contribution >= 4 is 0 Å². The average molecular weight is 263 g/mol. The molecule has 0 aliphatic heterocycles. The lowest BCUT2D eigenvalue weighted by atomic mass is 10.1. The van der Waals surface area contributed by atoms with Crippen LogP contribution < -0.4 is 10.5 Å². The van der Waals surface area contributed by atoms with Crippen LogP contribution >= 0.6 is 0 Å². The van der Waals surface area contributed by atoms with E-state index < -0.39 is 0 Å². The number of hydrogen-bond donors (Lipinski definition) is 1. The van der Waals surface area contributed by atoms with Crippen LogP contribution in [0, 0.1) is 19.7 Å². The summed E-state index contributed by atoms with van der Waals surface area (Å²) in [7, 11) is 1.85. The molecule has 5 heteroatoms. The quantitative estimate of drug-likeness (QED) is 0.926. The van der Waals surface area contributed by atoms with Crippen LogP contribution in [-0.4, -0.2) is 9.78 Å². The third-order valence-corrected chi connectivity index (χ3v) is 3.12. The third-order valence-electron chi connectivity index (χ3n) is 3.12. The summed E-state index contributed by atoms with van der Waals surface area (Å²) >= 11 is 0. The van der Waals surface area contributed by atoms with Gasteiger partial charge in [0.15, 0.2) is 5.75 Å². The molecule has 0 amide bonds. The van der Waals surface area contributed by atoms with Crippen molar-refractivity contribution in [2.75, 3.05) is 0 Å². The van der Waals surface area contributed by atoms with Gasteiger partial charge in [-0.2, -0.15) is 5.10 Å². The molecule has 0 bridgehead atoms. The molecule has 2 aromatic rings. The van der Waals surface area contributed by atoms with E-state index in [0.717, 1.165) is 11.4 Å². The summed E-state index contributed by atoms with van der Waals surface area (Å²) in [5.74, 6) is 0.936. The Balaban J connectivity index is 2.43. The first kappa shape index (κ1) is 13.5. The molecule has 1 heterocycles. The maximum Gasteiger partial charge on any atom is 0.171 e. The number of ether oxygens (including phenoxy) is 1. The standard InChI is InChI=1S/C14H18FN3O/c1-8(16)12-7-11(15)5-6-13(12)19-14-9(2)17-18(4)10(14)3/h5-8H,16H2,1-4H3. The lowest BCUT2D eigenvalue weighted by Gasteiger charge is -2.14. The molecule has 1 aromatic carbocycles. The van der Waals surface area contributed by atoms with Gasteiger partial charge in [-0.05, 0) is 39.0 Å². The minimum Gasteiger partial charge on any atom is -0.453 e. The summed E-state index contributed by atoms with van der Waals surface area (Å²) in [6.07, 6.45) is 0. The van der Waals surface area contributed by atoms with Crippen molar-refractivity contribution in [2.24, 2.45) is 12.8 Å². The van der Waals surface area contributed by atoms with Gasteiger partial charge in [-0.1, -0.05) is 0 Å². The zero-order valence-corrected chi connectivity index (χ0v) is 11.6. The van der Waals surface area contributed by atoms with Gasteiger partial charge in [-0.3, -0.25) is 4.68 Å². The van der Waals surface area contributed by atoms with Crippen LogP contribution in [0.5, 0.6) is 11.5 Å². The molecular weight excluding hydrogens is 245 g/mol. The highest BCUT2D eigenvalue weighted by Crippen LogP contribution is 2.32. The topological polar surface area (TPSA) is 53.1 Å². The van der Waals surface area contributed by atoms with Crippen molar-refractivity contribution in [3.05, 3.63) is 41.0 Å². The Morgan fingerprint density at radius 2 is 2.05 bits per heavy atom. The zero-order valence-electron chi connectivity index (χ0n) is 11.6. The van der Waals surface area contributed by atoms with Crippen LogP contribution in [-0.2, 0) is 7.05 Å². The van der Waals surface area contributed by atoms with Crippen LogP contribution in [0.1, 0.15) is 29.9 Å². The number of hydrogen-bond acceptors (Lipinski definition) is 3. The van der Waals surface area contributed by atoms with Crippen LogP contribution in [0.2, 0.25) is 0 Å². The van der Waals surface area contributed by atoms with Crippen molar-refractivity contribution < 1.29 is 9.13 Å². The second-order valence-electron chi connectivity index (χ2n) is 4.70. The Hall–Kier alpha value is -1.88. The Bertz CT molecular complexity index is 605. The fourth-order valence-corrected chi connectivity index (χ4v) is 1.98. The van der Waals surface area contributed by atoms with Gasteiger partial charge in [0.05, 0.1) is 5.69 Å². The van der Waals surface area contributed by atoms with E-state index in [0.29, 0.717) is 17.1 Å². The first-order valence-electron chi connectivity index (χ1n) is 6.13. The van der Waals surface area contributed by atoms with E-state index in [2.05, 4.69) is 5.10 Å². The van der Waals surface area contributed by atoms with Gasteiger partial charge < -0.3 is 10.5 Å². The fraction of sp³-hybridized carbons (Fsp3) is 0.357. The molecule has 0 spiro atoms. The van der Waals surface area contributed by atoms with Gasteiger partial charge in [0.25, 0.3) is 0 Å². The highest BCUT2D eigenvalue weighted by Gasteiger charge is 2.15. The van der Waals surface area contributed by atoms with Crippen LogP contribution in [0.25, 0.3) is 0 Å². The molecule has 2 rings (SSSR count). The fourth-order valence-electron chi connectivity index (χ4n) is 1.98. The van der Waals surface area contributed by atoms with Gasteiger partial charge >= 0.3 is 0 Å². The molecule has 0 fully saturated rings. The SMILES string of the molecule is Cc1nn(C)c(C)c1Oc1ccc(F)cc1C(C)N. The molecule has 0 radical (unpaired) electrons. The largest absolute Gasteiger partial charge is 0.453 e. The first-order chi connectivity index (χ1) is 8.90. The number of aryl methyl sites for hydroxylation is 2. The number of halogens is 1. The lowest BCUT2D eigenvalue weighted by Crippen LogP contribution is -2.07. The van der Waals surface area contributed by atoms with E-state index in [4.69, 9.17) is 10.5 Å². The second kappa shape index (κ2) is 5.01. The number of benzene rings is 1. The molecule has 0 aliphatic rings. The maximum atomic E-state index is 13.3. The van der Waals surface area contributed by atoms with Crippen molar-refractivity contribution in [3.63, 3.8) is 0 Å². The number of rotatable bonds is 3. The van der Waals surface area contributed by atoms with Crippen LogP contribution in [0.15, 0.2) is 18.2 Å². The van der Waals surface area contributed by atoms with Crippen molar-refractivity contribution in [2.45, 2.75) is 26.8 Å². The molecule has 0 saturated carbocycles. The lowest BCUT2D eigenvalue weighted by molar-refractivity contribution is 0.461. The van der Waals surface area contributed by atoms with Gasteiger partial charge in [-0.25, -0.2) is 4.39 Å². The molecule has 1 aromatic heterocycles. The number of nitrogens with two attached hydrogens (primary N) is 1. The normalized spacial score (nSPS) is 12.5. The maximum absolute atomic E-state index is 13.3.